The van der Waals surface area contributed by atoms with E-state index in [1.54, 1.807) is 0 Å². The molecular formula is C10H18N2O. The van der Waals surface area contributed by atoms with Gasteiger partial charge in [-0.3, -0.25) is 9.69 Å². The lowest BCUT2D eigenvalue weighted by Crippen LogP contribution is -2.47. The molecule has 2 heterocycles. The van der Waals surface area contributed by atoms with Gasteiger partial charge in [-0.05, 0) is 19.9 Å². The van der Waals surface area contributed by atoms with Crippen LogP contribution >= 0.6 is 0 Å². The summed E-state index contributed by atoms with van der Waals surface area (Å²) in [6, 6.07) is 1.17. The van der Waals surface area contributed by atoms with E-state index in [-0.39, 0.29) is 0 Å². The summed E-state index contributed by atoms with van der Waals surface area (Å²) < 4.78 is 0. The fraction of sp³-hybridized carbons (Fsp3) is 0.900. The van der Waals surface area contributed by atoms with Crippen molar-refractivity contribution in [3.05, 3.63) is 0 Å². The van der Waals surface area contributed by atoms with Gasteiger partial charge >= 0.3 is 0 Å². The van der Waals surface area contributed by atoms with E-state index in [0.29, 0.717) is 18.0 Å². The Labute approximate surface area is 79.7 Å². The van der Waals surface area contributed by atoms with Crippen molar-refractivity contribution in [2.75, 3.05) is 20.1 Å². The van der Waals surface area contributed by atoms with Gasteiger partial charge in [0.1, 0.15) is 0 Å². The molecular weight excluding hydrogens is 164 g/mol. The van der Waals surface area contributed by atoms with E-state index < -0.39 is 0 Å². The zero-order valence-electron chi connectivity index (χ0n) is 8.49. The summed E-state index contributed by atoms with van der Waals surface area (Å²) in [6.45, 7) is 4.12. The van der Waals surface area contributed by atoms with Crippen LogP contribution in [0.5, 0.6) is 0 Å². The molecule has 0 radical (unpaired) electrons. The Morgan fingerprint density at radius 2 is 2.15 bits per heavy atom. The monoisotopic (exact) mass is 182 g/mol. The molecule has 3 heteroatoms. The zero-order chi connectivity index (χ0) is 9.42. The largest absolute Gasteiger partial charge is 0.337 e. The van der Waals surface area contributed by atoms with Gasteiger partial charge in [0.15, 0.2) is 0 Å². The van der Waals surface area contributed by atoms with Crippen molar-refractivity contribution in [2.24, 2.45) is 0 Å². The molecule has 0 aromatic heterocycles. The second-order valence-corrected chi connectivity index (χ2v) is 4.28. The lowest BCUT2D eigenvalue weighted by Gasteiger charge is -2.31. The van der Waals surface area contributed by atoms with Gasteiger partial charge in [0.2, 0.25) is 5.91 Å². The minimum Gasteiger partial charge on any atom is -0.337 e. The number of piperazine rings is 1. The maximum absolute atomic E-state index is 11.6. The Kier molecular flexibility index (Phi) is 2.28. The number of likely N-dealkylation sites (N-methyl/N-ethyl adjacent to an activating group) is 1. The minimum absolute atomic E-state index is 0.364. The molecule has 1 amide bonds. The number of hydrogen-bond acceptors (Lipinski definition) is 2. The molecule has 0 aliphatic carbocycles. The van der Waals surface area contributed by atoms with Crippen LogP contribution < -0.4 is 0 Å². The molecule has 3 nitrogen and oxygen atoms in total. The van der Waals surface area contributed by atoms with Crippen molar-refractivity contribution in [1.82, 2.24) is 9.80 Å². The number of likely N-dealkylation sites (tertiary alicyclic amines) is 2. The third-order valence-electron chi connectivity index (χ3n) is 3.30. The topological polar surface area (TPSA) is 23.6 Å². The average Bonchev–Trinajstić information content (AvgIpc) is 2.62. The van der Waals surface area contributed by atoms with Crippen LogP contribution in [0.2, 0.25) is 0 Å². The van der Waals surface area contributed by atoms with E-state index in [1.807, 2.05) is 0 Å². The molecule has 74 valence electrons. The maximum atomic E-state index is 11.6. The fourth-order valence-electron chi connectivity index (χ4n) is 2.53. The summed E-state index contributed by atoms with van der Waals surface area (Å²) in [5, 5.41) is 0. The molecule has 2 aliphatic heterocycles. The third-order valence-corrected chi connectivity index (χ3v) is 3.30. The van der Waals surface area contributed by atoms with Crippen LogP contribution in [0.3, 0.4) is 0 Å². The molecule has 2 saturated heterocycles. The standard InChI is InChI=1S/C10H18N2O/c1-3-4-10(13)12-7-8-5-9(12)6-11(8)2/h8-9H,3-7H2,1-2H3/t8-,9?/m0/s1. The normalized spacial score (nSPS) is 32.9. The second kappa shape index (κ2) is 3.29. The molecule has 1 unspecified atom stereocenters. The second-order valence-electron chi connectivity index (χ2n) is 4.28. The number of carbonyl (C=O) groups excluding carboxylic acids is 1. The first kappa shape index (κ1) is 9.00. The smallest absolute Gasteiger partial charge is 0.222 e. The molecule has 13 heavy (non-hydrogen) atoms. The van der Waals surface area contributed by atoms with Gasteiger partial charge in [0.05, 0.1) is 0 Å². The summed E-state index contributed by atoms with van der Waals surface area (Å²) in [7, 11) is 2.16. The molecule has 2 atom stereocenters. The highest BCUT2D eigenvalue weighted by atomic mass is 16.2. The Hall–Kier alpha value is -0.570. The lowest BCUT2D eigenvalue weighted by molar-refractivity contribution is -0.133. The maximum Gasteiger partial charge on any atom is 0.222 e. The van der Waals surface area contributed by atoms with E-state index in [2.05, 4.69) is 23.8 Å². The van der Waals surface area contributed by atoms with Crippen molar-refractivity contribution in [1.29, 1.82) is 0 Å². The first-order valence-corrected chi connectivity index (χ1v) is 5.22. The van der Waals surface area contributed by atoms with E-state index in [1.165, 1.54) is 6.42 Å². The first-order chi connectivity index (χ1) is 6.22. The van der Waals surface area contributed by atoms with Gasteiger partial charge in [-0.25, -0.2) is 0 Å². The highest BCUT2D eigenvalue weighted by Gasteiger charge is 2.42. The molecule has 0 saturated carbocycles. The molecule has 0 aromatic rings. The highest BCUT2D eigenvalue weighted by molar-refractivity contribution is 5.77. The number of fused-ring (bicyclic) bond motifs is 2. The number of carbonyl (C=O) groups is 1. The SMILES string of the molecule is CCCC(=O)N1C[C@@H]2CC1CN2C. The predicted octanol–water partition coefficient (Wildman–Crippen LogP) is 0.701. The van der Waals surface area contributed by atoms with E-state index in [4.69, 9.17) is 0 Å². The molecule has 2 aliphatic rings. The summed E-state index contributed by atoms with van der Waals surface area (Å²) in [5.74, 6) is 0.364. The van der Waals surface area contributed by atoms with Crippen molar-refractivity contribution < 1.29 is 4.79 Å². The molecule has 2 rings (SSSR count). The van der Waals surface area contributed by atoms with Crippen LogP contribution in [0.15, 0.2) is 0 Å². The zero-order valence-corrected chi connectivity index (χ0v) is 8.49. The molecule has 2 fully saturated rings. The van der Waals surface area contributed by atoms with Crippen LogP contribution in [0.4, 0.5) is 0 Å². The van der Waals surface area contributed by atoms with Crippen molar-refractivity contribution in [2.45, 2.75) is 38.3 Å². The van der Waals surface area contributed by atoms with Crippen LogP contribution in [-0.4, -0.2) is 47.9 Å². The number of hydrogen-bond donors (Lipinski definition) is 0. The Morgan fingerprint density at radius 1 is 1.38 bits per heavy atom. The van der Waals surface area contributed by atoms with E-state index >= 15 is 0 Å². The van der Waals surface area contributed by atoms with Gasteiger partial charge < -0.3 is 4.90 Å². The van der Waals surface area contributed by atoms with Crippen LogP contribution in [-0.2, 0) is 4.79 Å². The summed E-state index contributed by atoms with van der Waals surface area (Å²) in [6.07, 6.45) is 2.90. The number of amides is 1. The molecule has 0 N–H and O–H groups in total. The van der Waals surface area contributed by atoms with Crippen molar-refractivity contribution >= 4 is 5.91 Å². The third kappa shape index (κ3) is 1.46. The molecule has 0 spiro atoms. The quantitative estimate of drug-likeness (QED) is 0.627. The van der Waals surface area contributed by atoms with Crippen LogP contribution in [0, 0.1) is 0 Å². The van der Waals surface area contributed by atoms with Crippen LogP contribution in [0.1, 0.15) is 26.2 Å². The number of rotatable bonds is 2. The van der Waals surface area contributed by atoms with Gasteiger partial charge in [0.25, 0.3) is 0 Å². The molecule has 2 bridgehead atoms. The van der Waals surface area contributed by atoms with Gasteiger partial charge in [-0.1, -0.05) is 6.92 Å². The number of nitrogens with zero attached hydrogens (tertiary/aromatic N) is 2. The van der Waals surface area contributed by atoms with Gasteiger partial charge in [-0.2, -0.15) is 0 Å². The molecule has 0 aromatic carbocycles. The Bertz CT molecular complexity index is 215. The van der Waals surface area contributed by atoms with E-state index in [9.17, 15) is 4.79 Å². The van der Waals surface area contributed by atoms with Crippen molar-refractivity contribution in [3.8, 4) is 0 Å². The average molecular weight is 182 g/mol. The van der Waals surface area contributed by atoms with Gasteiger partial charge in [0, 0.05) is 31.6 Å². The fourth-order valence-corrected chi connectivity index (χ4v) is 2.53. The summed E-state index contributed by atoms with van der Waals surface area (Å²) in [4.78, 5) is 16.1. The van der Waals surface area contributed by atoms with Crippen LogP contribution in [0.25, 0.3) is 0 Å². The highest BCUT2D eigenvalue weighted by Crippen LogP contribution is 2.29. The summed E-state index contributed by atoms with van der Waals surface area (Å²) >= 11 is 0. The van der Waals surface area contributed by atoms with Gasteiger partial charge in [-0.15, -0.1) is 0 Å². The first-order valence-electron chi connectivity index (χ1n) is 5.22. The predicted molar refractivity (Wildman–Crippen MR) is 51.4 cm³/mol. The Morgan fingerprint density at radius 3 is 2.62 bits per heavy atom. The van der Waals surface area contributed by atoms with E-state index in [0.717, 1.165) is 25.9 Å². The Balaban J connectivity index is 1.95. The lowest BCUT2D eigenvalue weighted by atomic mass is 10.2. The van der Waals surface area contributed by atoms with Crippen molar-refractivity contribution in [3.63, 3.8) is 0 Å². The minimum atomic E-state index is 0.364. The summed E-state index contributed by atoms with van der Waals surface area (Å²) in [5.41, 5.74) is 0.